The third-order valence-electron chi connectivity index (χ3n) is 4.78. The third-order valence-corrected chi connectivity index (χ3v) is 4.78. The molecule has 1 aliphatic carbocycles. The van der Waals surface area contributed by atoms with Crippen molar-refractivity contribution >= 4 is 5.96 Å². The van der Waals surface area contributed by atoms with Gasteiger partial charge < -0.3 is 14.5 Å². The lowest BCUT2D eigenvalue weighted by Gasteiger charge is -2.47. The van der Waals surface area contributed by atoms with E-state index >= 15 is 0 Å². The van der Waals surface area contributed by atoms with Crippen LogP contribution in [0.2, 0.25) is 0 Å². The Morgan fingerprint density at radius 2 is 1.57 bits per heavy atom. The van der Waals surface area contributed by atoms with Crippen LogP contribution in [-0.2, 0) is 4.74 Å². The van der Waals surface area contributed by atoms with Crippen molar-refractivity contribution in [2.75, 3.05) is 61.0 Å². The van der Waals surface area contributed by atoms with E-state index in [0.717, 1.165) is 38.8 Å². The number of hydrogen-bond acceptors (Lipinski definition) is 3. The van der Waals surface area contributed by atoms with Crippen LogP contribution in [0.3, 0.4) is 0 Å². The number of nitrogens with zero attached hydrogens (tertiary/aromatic N) is 4. The van der Waals surface area contributed by atoms with Crippen molar-refractivity contribution in [1.82, 2.24) is 14.7 Å². The number of ether oxygens (including phenoxy) is 1. The van der Waals surface area contributed by atoms with E-state index in [1.165, 1.54) is 32.1 Å². The van der Waals surface area contributed by atoms with Crippen molar-refractivity contribution in [2.24, 2.45) is 4.99 Å². The second kappa shape index (κ2) is 7.45. The van der Waals surface area contributed by atoms with E-state index in [0.29, 0.717) is 0 Å². The Bertz CT molecular complexity index is 332. The molecule has 0 atom stereocenters. The van der Waals surface area contributed by atoms with E-state index in [2.05, 4.69) is 42.9 Å². The molecule has 0 aromatic rings. The molecule has 1 aliphatic heterocycles. The molecule has 1 saturated carbocycles. The lowest BCUT2D eigenvalue weighted by Crippen LogP contribution is -2.56. The van der Waals surface area contributed by atoms with Crippen LogP contribution in [0.1, 0.15) is 32.1 Å². The molecule has 2 aliphatic rings. The van der Waals surface area contributed by atoms with Crippen molar-refractivity contribution in [2.45, 2.75) is 37.6 Å². The van der Waals surface area contributed by atoms with E-state index in [-0.39, 0.29) is 5.54 Å². The minimum atomic E-state index is 0.263. The summed E-state index contributed by atoms with van der Waals surface area (Å²) in [4.78, 5) is 11.8. The summed E-state index contributed by atoms with van der Waals surface area (Å²) in [6.45, 7) is 4.79. The lowest BCUT2D eigenvalue weighted by molar-refractivity contribution is -0.0334. The molecule has 0 aromatic carbocycles. The molecule has 0 N–H and O–H groups in total. The molecule has 0 bridgehead atoms. The van der Waals surface area contributed by atoms with Gasteiger partial charge in [0.1, 0.15) is 0 Å². The minimum absolute atomic E-state index is 0.263. The predicted molar refractivity (Wildman–Crippen MR) is 87.9 cm³/mol. The summed E-state index contributed by atoms with van der Waals surface area (Å²) in [5.41, 5.74) is 0.263. The molecule has 0 spiro atoms. The summed E-state index contributed by atoms with van der Waals surface area (Å²) in [6.07, 6.45) is 6.62. The molecule has 5 nitrogen and oxygen atoms in total. The fraction of sp³-hybridized carbons (Fsp3) is 0.938. The van der Waals surface area contributed by atoms with Gasteiger partial charge in [-0.3, -0.25) is 9.89 Å². The predicted octanol–water partition coefficient (Wildman–Crippen LogP) is 1.50. The largest absolute Gasteiger partial charge is 0.379 e. The maximum absolute atomic E-state index is 5.54. The molecule has 5 heteroatoms. The highest BCUT2D eigenvalue weighted by atomic mass is 16.5. The van der Waals surface area contributed by atoms with Crippen LogP contribution in [0.25, 0.3) is 0 Å². The van der Waals surface area contributed by atoms with Crippen LogP contribution in [-0.4, -0.2) is 87.2 Å². The first-order valence-electron chi connectivity index (χ1n) is 8.27. The van der Waals surface area contributed by atoms with Gasteiger partial charge in [0, 0.05) is 46.8 Å². The highest BCUT2D eigenvalue weighted by molar-refractivity contribution is 5.79. The molecule has 1 heterocycles. The maximum atomic E-state index is 5.54. The minimum Gasteiger partial charge on any atom is -0.379 e. The van der Waals surface area contributed by atoms with Crippen LogP contribution in [0, 0.1) is 0 Å². The number of hydrogen-bond donors (Lipinski definition) is 0. The van der Waals surface area contributed by atoms with Crippen molar-refractivity contribution in [3.05, 3.63) is 0 Å². The van der Waals surface area contributed by atoms with E-state index in [9.17, 15) is 0 Å². The molecule has 0 aromatic heterocycles. The first-order valence-corrected chi connectivity index (χ1v) is 8.27. The highest BCUT2D eigenvalue weighted by Crippen LogP contribution is 2.34. The molecule has 21 heavy (non-hydrogen) atoms. The quantitative estimate of drug-likeness (QED) is 0.583. The fourth-order valence-corrected chi connectivity index (χ4v) is 3.72. The number of aliphatic imine (C=N–C) groups is 1. The van der Waals surface area contributed by atoms with Gasteiger partial charge in [-0.1, -0.05) is 19.3 Å². The van der Waals surface area contributed by atoms with Gasteiger partial charge in [-0.05, 0) is 12.8 Å². The molecular weight excluding hydrogens is 264 g/mol. The van der Waals surface area contributed by atoms with Crippen LogP contribution in [0.15, 0.2) is 4.99 Å². The van der Waals surface area contributed by atoms with E-state index < -0.39 is 0 Å². The molecule has 2 fully saturated rings. The Morgan fingerprint density at radius 3 is 2.10 bits per heavy atom. The van der Waals surface area contributed by atoms with Gasteiger partial charge in [0.25, 0.3) is 0 Å². The van der Waals surface area contributed by atoms with E-state index in [1.54, 1.807) is 0 Å². The van der Waals surface area contributed by atoms with Crippen LogP contribution in [0.4, 0.5) is 0 Å². The highest BCUT2D eigenvalue weighted by Gasteiger charge is 2.38. The topological polar surface area (TPSA) is 31.3 Å². The Labute approximate surface area is 129 Å². The van der Waals surface area contributed by atoms with Crippen LogP contribution < -0.4 is 0 Å². The zero-order valence-corrected chi connectivity index (χ0v) is 14.3. The van der Waals surface area contributed by atoms with Gasteiger partial charge in [0.05, 0.1) is 19.8 Å². The van der Waals surface area contributed by atoms with Gasteiger partial charge in [-0.2, -0.15) is 0 Å². The van der Waals surface area contributed by atoms with Gasteiger partial charge >= 0.3 is 0 Å². The Balaban J connectivity index is 2.13. The normalized spacial score (nSPS) is 22.7. The summed E-state index contributed by atoms with van der Waals surface area (Å²) >= 11 is 0. The van der Waals surface area contributed by atoms with Crippen LogP contribution in [0.5, 0.6) is 0 Å². The lowest BCUT2D eigenvalue weighted by atomic mass is 9.80. The molecule has 0 radical (unpaired) electrons. The summed E-state index contributed by atoms with van der Waals surface area (Å²) in [7, 11) is 8.28. The standard InChI is InChI=1S/C16H32N4O/c1-18(2)15(19(3)4)17-14-16(8-6-5-7-9-16)20-10-12-21-13-11-20/h5-14H2,1-4H3. The van der Waals surface area contributed by atoms with E-state index in [4.69, 9.17) is 9.73 Å². The average molecular weight is 296 g/mol. The smallest absolute Gasteiger partial charge is 0.195 e. The van der Waals surface area contributed by atoms with Crippen molar-refractivity contribution < 1.29 is 4.74 Å². The van der Waals surface area contributed by atoms with Gasteiger partial charge in [-0.15, -0.1) is 0 Å². The van der Waals surface area contributed by atoms with Crippen molar-refractivity contribution in [3.63, 3.8) is 0 Å². The maximum Gasteiger partial charge on any atom is 0.195 e. The summed E-state index contributed by atoms with van der Waals surface area (Å²) in [5, 5.41) is 0. The first-order chi connectivity index (χ1) is 10.1. The van der Waals surface area contributed by atoms with Gasteiger partial charge in [0.2, 0.25) is 0 Å². The molecule has 0 amide bonds. The summed E-state index contributed by atoms with van der Waals surface area (Å²) < 4.78 is 5.54. The molecular formula is C16H32N4O. The summed E-state index contributed by atoms with van der Waals surface area (Å²) in [6, 6.07) is 0. The average Bonchev–Trinajstić information content (AvgIpc) is 2.48. The van der Waals surface area contributed by atoms with Crippen molar-refractivity contribution in [1.29, 1.82) is 0 Å². The summed E-state index contributed by atoms with van der Waals surface area (Å²) in [5.74, 6) is 1.06. The monoisotopic (exact) mass is 296 g/mol. The van der Waals surface area contributed by atoms with Gasteiger partial charge in [0.15, 0.2) is 5.96 Å². The molecule has 1 saturated heterocycles. The Kier molecular flexibility index (Phi) is 5.88. The second-order valence-corrected chi connectivity index (χ2v) is 6.79. The van der Waals surface area contributed by atoms with Gasteiger partial charge in [-0.25, -0.2) is 0 Å². The SMILES string of the molecule is CN(C)C(=NCC1(N2CCOCC2)CCCCC1)N(C)C. The first kappa shape index (κ1) is 16.6. The number of rotatable bonds is 3. The second-order valence-electron chi connectivity index (χ2n) is 6.79. The third kappa shape index (κ3) is 4.10. The number of guanidine groups is 1. The number of morpholine rings is 1. The molecule has 122 valence electrons. The molecule has 2 rings (SSSR count). The Morgan fingerprint density at radius 1 is 1.00 bits per heavy atom. The van der Waals surface area contributed by atoms with Crippen molar-refractivity contribution in [3.8, 4) is 0 Å². The van der Waals surface area contributed by atoms with E-state index in [1.807, 2.05) is 0 Å². The zero-order valence-electron chi connectivity index (χ0n) is 14.3. The Hall–Kier alpha value is -0.810. The zero-order chi connectivity index (χ0) is 15.3. The fourth-order valence-electron chi connectivity index (χ4n) is 3.72. The van der Waals surface area contributed by atoms with Crippen LogP contribution >= 0.6 is 0 Å². The molecule has 0 unspecified atom stereocenters.